The average Bonchev–Trinajstić information content (AvgIpc) is 3.14. The van der Waals surface area contributed by atoms with Gasteiger partial charge in [0.15, 0.2) is 11.0 Å². The molecule has 2 aromatic rings. The van der Waals surface area contributed by atoms with E-state index in [2.05, 4.69) is 22.4 Å². The molecule has 0 spiro atoms. The molecule has 0 bridgehead atoms. The van der Waals surface area contributed by atoms with Gasteiger partial charge in [-0.1, -0.05) is 31.5 Å². The van der Waals surface area contributed by atoms with E-state index in [9.17, 15) is 17.6 Å². The molecule has 1 aromatic carbocycles. The summed E-state index contributed by atoms with van der Waals surface area (Å²) in [6, 6.07) is 5.47. The zero-order chi connectivity index (χ0) is 23.3. The van der Waals surface area contributed by atoms with Crippen LogP contribution in [0.2, 0.25) is 0 Å². The van der Waals surface area contributed by atoms with Crippen LogP contribution >= 0.6 is 11.8 Å². The van der Waals surface area contributed by atoms with Crippen LogP contribution in [0.3, 0.4) is 0 Å². The maximum absolute atomic E-state index is 13.3. The minimum Gasteiger partial charge on any atom is -0.352 e. The maximum Gasteiger partial charge on any atom is 0.232 e. The van der Waals surface area contributed by atoms with Crippen molar-refractivity contribution in [3.05, 3.63) is 35.9 Å². The molecule has 1 aliphatic rings. The van der Waals surface area contributed by atoms with Gasteiger partial charge < -0.3 is 9.88 Å². The lowest BCUT2D eigenvalue weighted by Gasteiger charge is -2.29. The van der Waals surface area contributed by atoms with Crippen molar-refractivity contribution in [2.24, 2.45) is 5.92 Å². The fourth-order valence-corrected chi connectivity index (χ4v) is 5.59. The predicted octanol–water partition coefficient (Wildman–Crippen LogP) is 3.19. The Morgan fingerprint density at radius 3 is 2.56 bits per heavy atom. The quantitative estimate of drug-likeness (QED) is 0.550. The molecule has 1 N–H and O–H groups in total. The van der Waals surface area contributed by atoms with Gasteiger partial charge >= 0.3 is 0 Å². The topological polar surface area (TPSA) is 97.2 Å². The first-order chi connectivity index (χ1) is 15.2. The van der Waals surface area contributed by atoms with Crippen molar-refractivity contribution in [1.29, 1.82) is 0 Å². The summed E-state index contributed by atoms with van der Waals surface area (Å²) >= 11 is 1.28. The first-order valence-corrected chi connectivity index (χ1v) is 13.6. The van der Waals surface area contributed by atoms with Crippen LogP contribution in [0.5, 0.6) is 0 Å². The largest absolute Gasteiger partial charge is 0.352 e. The van der Waals surface area contributed by atoms with Gasteiger partial charge in [-0.3, -0.25) is 9.10 Å². The van der Waals surface area contributed by atoms with Crippen molar-refractivity contribution in [1.82, 2.24) is 20.1 Å². The Morgan fingerprint density at radius 1 is 1.25 bits per heavy atom. The van der Waals surface area contributed by atoms with Crippen molar-refractivity contribution in [3.8, 4) is 0 Å². The van der Waals surface area contributed by atoms with Gasteiger partial charge in [-0.2, -0.15) is 0 Å². The number of carbonyl (C=O) groups is 1. The highest BCUT2D eigenvalue weighted by molar-refractivity contribution is 7.99. The molecule has 1 aromatic heterocycles. The normalized spacial score (nSPS) is 19.0. The molecule has 32 heavy (non-hydrogen) atoms. The van der Waals surface area contributed by atoms with E-state index in [0.29, 0.717) is 29.1 Å². The molecule has 176 valence electrons. The van der Waals surface area contributed by atoms with E-state index in [0.717, 1.165) is 29.8 Å². The standard InChI is InChI=1S/C21H30FN5O3S2/c1-4-26-19(13-27(32(3,29)30)17-11-9-16(22)10-12-17)24-25-21(26)31-14-20(28)23-18-8-6-5-7-15(18)2/h9-12,15,18H,4-8,13-14H2,1-3H3,(H,23,28)/t15-,18+/m0/s1. The molecule has 0 aliphatic heterocycles. The van der Waals surface area contributed by atoms with Crippen LogP contribution in [0.25, 0.3) is 0 Å². The van der Waals surface area contributed by atoms with Crippen LogP contribution in [0.4, 0.5) is 10.1 Å². The third-order valence-electron chi connectivity index (χ3n) is 5.70. The Labute approximate surface area is 193 Å². The monoisotopic (exact) mass is 483 g/mol. The number of anilines is 1. The molecule has 8 nitrogen and oxygen atoms in total. The number of carbonyl (C=O) groups excluding carboxylic acids is 1. The van der Waals surface area contributed by atoms with Gasteiger partial charge in [-0.15, -0.1) is 10.2 Å². The SMILES string of the molecule is CCn1c(CN(c2ccc(F)cc2)S(C)(=O)=O)nnc1SCC(=O)N[C@@H]1CCCC[C@@H]1C. The molecular weight excluding hydrogens is 453 g/mol. The molecule has 11 heteroatoms. The summed E-state index contributed by atoms with van der Waals surface area (Å²) in [5.41, 5.74) is 0.342. The second-order valence-electron chi connectivity index (χ2n) is 8.11. The van der Waals surface area contributed by atoms with Crippen molar-refractivity contribution in [2.75, 3.05) is 16.3 Å². The molecule has 1 fully saturated rings. The van der Waals surface area contributed by atoms with Gasteiger partial charge in [0.1, 0.15) is 5.82 Å². The van der Waals surface area contributed by atoms with Crippen molar-refractivity contribution >= 4 is 33.4 Å². The molecule has 1 heterocycles. The Kier molecular flexibility index (Phi) is 8.16. The van der Waals surface area contributed by atoms with E-state index in [-0.39, 0.29) is 24.2 Å². The van der Waals surface area contributed by atoms with E-state index in [1.165, 1.54) is 42.4 Å². The maximum atomic E-state index is 13.3. The number of sulfonamides is 1. The smallest absolute Gasteiger partial charge is 0.232 e. The fraction of sp³-hybridized carbons (Fsp3) is 0.571. The van der Waals surface area contributed by atoms with Crippen molar-refractivity contribution in [2.45, 2.75) is 63.8 Å². The summed E-state index contributed by atoms with van der Waals surface area (Å²) < 4.78 is 41.0. The van der Waals surface area contributed by atoms with Gasteiger partial charge in [-0.25, -0.2) is 12.8 Å². The predicted molar refractivity (Wildman–Crippen MR) is 123 cm³/mol. The lowest BCUT2D eigenvalue weighted by Crippen LogP contribution is -2.41. The summed E-state index contributed by atoms with van der Waals surface area (Å²) in [7, 11) is -3.63. The number of hydrogen-bond donors (Lipinski definition) is 1. The van der Waals surface area contributed by atoms with Gasteiger partial charge in [-0.05, 0) is 49.9 Å². The molecule has 1 saturated carbocycles. The van der Waals surface area contributed by atoms with Crippen molar-refractivity contribution < 1.29 is 17.6 Å². The first-order valence-electron chi connectivity index (χ1n) is 10.8. The van der Waals surface area contributed by atoms with Crippen LogP contribution in [-0.4, -0.2) is 47.1 Å². The highest BCUT2D eigenvalue weighted by Gasteiger charge is 2.24. The zero-order valence-corrected chi connectivity index (χ0v) is 20.3. The van der Waals surface area contributed by atoms with E-state index < -0.39 is 15.8 Å². The highest BCUT2D eigenvalue weighted by Crippen LogP contribution is 2.25. The van der Waals surface area contributed by atoms with Crippen molar-refractivity contribution in [3.63, 3.8) is 0 Å². The zero-order valence-electron chi connectivity index (χ0n) is 18.6. The minimum atomic E-state index is -3.63. The minimum absolute atomic E-state index is 0.0370. The number of nitrogens with one attached hydrogen (secondary N) is 1. The van der Waals surface area contributed by atoms with Crippen LogP contribution in [0.15, 0.2) is 29.4 Å². The first kappa shape index (κ1) is 24.5. The molecule has 3 rings (SSSR count). The fourth-order valence-electron chi connectivity index (χ4n) is 3.91. The molecule has 1 amide bonds. The number of nitrogens with zero attached hydrogens (tertiary/aromatic N) is 4. The number of hydrogen-bond acceptors (Lipinski definition) is 6. The molecule has 0 unspecified atom stereocenters. The molecule has 2 atom stereocenters. The second kappa shape index (κ2) is 10.7. The van der Waals surface area contributed by atoms with Gasteiger partial charge in [0.05, 0.1) is 24.2 Å². The van der Waals surface area contributed by atoms with Gasteiger partial charge in [0.2, 0.25) is 15.9 Å². The Hall–Kier alpha value is -2.14. The number of halogens is 1. The molecule has 0 radical (unpaired) electrons. The number of amides is 1. The Balaban J connectivity index is 1.69. The van der Waals surface area contributed by atoms with E-state index >= 15 is 0 Å². The summed E-state index contributed by atoms with van der Waals surface area (Å²) in [6.45, 7) is 4.56. The molecule has 1 aliphatic carbocycles. The Bertz CT molecular complexity index is 1030. The van der Waals surface area contributed by atoms with E-state index in [4.69, 9.17) is 0 Å². The summed E-state index contributed by atoms with van der Waals surface area (Å²) in [5.74, 6) is 0.668. The summed E-state index contributed by atoms with van der Waals surface area (Å²) in [5, 5.41) is 12.0. The number of rotatable bonds is 9. The van der Waals surface area contributed by atoms with Crippen LogP contribution < -0.4 is 9.62 Å². The van der Waals surface area contributed by atoms with Gasteiger partial charge in [0.25, 0.3) is 0 Å². The lowest BCUT2D eigenvalue weighted by atomic mass is 9.86. The van der Waals surface area contributed by atoms with Crippen LogP contribution in [0, 0.1) is 11.7 Å². The number of benzene rings is 1. The molecule has 0 saturated heterocycles. The third-order valence-corrected chi connectivity index (χ3v) is 7.81. The Morgan fingerprint density at radius 2 is 1.94 bits per heavy atom. The lowest BCUT2D eigenvalue weighted by molar-refractivity contribution is -0.119. The van der Waals surface area contributed by atoms with Crippen LogP contribution in [-0.2, 0) is 27.9 Å². The highest BCUT2D eigenvalue weighted by atomic mass is 32.2. The van der Waals surface area contributed by atoms with E-state index in [1.54, 1.807) is 4.57 Å². The summed E-state index contributed by atoms with van der Waals surface area (Å²) in [4.78, 5) is 12.5. The molecular formula is C21H30FN5O3S2. The average molecular weight is 484 g/mol. The second-order valence-corrected chi connectivity index (χ2v) is 11.0. The van der Waals surface area contributed by atoms with E-state index in [1.807, 2.05) is 6.92 Å². The summed E-state index contributed by atoms with van der Waals surface area (Å²) in [6.07, 6.45) is 5.59. The number of thioether (sulfide) groups is 1. The third kappa shape index (κ3) is 6.22. The number of aromatic nitrogens is 3. The van der Waals surface area contributed by atoms with Crippen LogP contribution in [0.1, 0.15) is 45.4 Å². The van der Waals surface area contributed by atoms with Gasteiger partial charge in [0, 0.05) is 12.6 Å².